The maximum absolute atomic E-state index is 12.3. The topological polar surface area (TPSA) is 103 Å². The normalized spacial score (nSPS) is 15.9. The zero-order valence-electron chi connectivity index (χ0n) is 17.3. The van der Waals surface area contributed by atoms with E-state index < -0.39 is 0 Å². The number of hydrogen-bond acceptors (Lipinski definition) is 7. The van der Waals surface area contributed by atoms with Crippen molar-refractivity contribution in [3.8, 4) is 11.5 Å². The van der Waals surface area contributed by atoms with Gasteiger partial charge in [-0.3, -0.25) is 4.79 Å². The van der Waals surface area contributed by atoms with Crippen molar-refractivity contribution < 1.29 is 14.3 Å². The first-order valence-electron chi connectivity index (χ1n) is 10.9. The van der Waals surface area contributed by atoms with Crippen molar-refractivity contribution in [2.75, 3.05) is 12.1 Å². The van der Waals surface area contributed by atoms with Crippen LogP contribution in [-0.2, 0) is 17.8 Å². The van der Waals surface area contributed by atoms with E-state index in [1.54, 1.807) is 4.52 Å². The second-order valence-corrected chi connectivity index (χ2v) is 8.05. The number of ether oxygens (including phenoxy) is 2. The summed E-state index contributed by atoms with van der Waals surface area (Å²) in [6, 6.07) is 9.93. The van der Waals surface area contributed by atoms with Gasteiger partial charge in [-0.2, -0.15) is 4.52 Å². The SMILES string of the molecule is O=C(CCc1nnc2ccc(NCc3ccc4c(c3)OCO4)nn12)NC1CCCCC1. The smallest absolute Gasteiger partial charge is 0.231 e. The molecule has 1 aliphatic heterocycles. The lowest BCUT2D eigenvalue weighted by Crippen LogP contribution is -2.36. The number of anilines is 1. The van der Waals surface area contributed by atoms with Gasteiger partial charge in [0.1, 0.15) is 5.82 Å². The molecule has 3 aromatic rings. The Hall–Kier alpha value is -3.36. The first kappa shape index (κ1) is 19.6. The molecule has 0 saturated heterocycles. The fourth-order valence-corrected chi connectivity index (χ4v) is 4.10. The Bertz CT molecular complexity index is 1080. The molecule has 0 unspecified atom stereocenters. The molecular weight excluding hydrogens is 396 g/mol. The molecule has 2 N–H and O–H groups in total. The van der Waals surface area contributed by atoms with E-state index in [2.05, 4.69) is 25.9 Å². The Morgan fingerprint density at radius 1 is 1.06 bits per heavy atom. The lowest BCUT2D eigenvalue weighted by atomic mass is 9.95. The standard InChI is InChI=1S/C22H26N6O3/c29-22(24-16-4-2-1-3-5-16)11-10-21-26-25-20-9-8-19(27-28(20)21)23-13-15-6-7-17-18(12-15)31-14-30-17/h6-9,12,16H,1-5,10-11,13-14H2,(H,23,27)(H,24,29). The van der Waals surface area contributed by atoms with E-state index in [0.29, 0.717) is 42.7 Å². The maximum Gasteiger partial charge on any atom is 0.231 e. The number of rotatable bonds is 7. The molecular formula is C22H26N6O3. The van der Waals surface area contributed by atoms with Gasteiger partial charge in [0.2, 0.25) is 12.7 Å². The Morgan fingerprint density at radius 3 is 2.84 bits per heavy atom. The van der Waals surface area contributed by atoms with Crippen LogP contribution < -0.4 is 20.1 Å². The molecule has 0 atom stereocenters. The predicted octanol–water partition coefficient (Wildman–Crippen LogP) is 2.85. The Kier molecular flexibility index (Phi) is 5.56. The number of amides is 1. The molecule has 1 aliphatic carbocycles. The number of nitrogens with zero attached hydrogens (tertiary/aromatic N) is 4. The minimum absolute atomic E-state index is 0.0701. The molecule has 1 fully saturated rings. The van der Waals surface area contributed by atoms with Gasteiger partial charge in [-0.25, -0.2) is 0 Å². The summed E-state index contributed by atoms with van der Waals surface area (Å²) in [7, 11) is 0. The van der Waals surface area contributed by atoms with Gasteiger partial charge in [-0.1, -0.05) is 25.3 Å². The highest BCUT2D eigenvalue weighted by atomic mass is 16.7. The van der Waals surface area contributed by atoms with Crippen molar-refractivity contribution in [3.63, 3.8) is 0 Å². The molecule has 9 nitrogen and oxygen atoms in total. The summed E-state index contributed by atoms with van der Waals surface area (Å²) in [4.78, 5) is 12.3. The molecule has 162 valence electrons. The lowest BCUT2D eigenvalue weighted by molar-refractivity contribution is -0.122. The Morgan fingerprint density at radius 2 is 1.94 bits per heavy atom. The lowest BCUT2D eigenvalue weighted by Gasteiger charge is -2.22. The zero-order valence-corrected chi connectivity index (χ0v) is 17.3. The van der Waals surface area contributed by atoms with Crippen molar-refractivity contribution in [2.45, 2.75) is 57.5 Å². The monoisotopic (exact) mass is 422 g/mol. The Balaban J connectivity index is 1.20. The van der Waals surface area contributed by atoms with Crippen LogP contribution >= 0.6 is 0 Å². The van der Waals surface area contributed by atoms with Crippen molar-refractivity contribution in [2.24, 2.45) is 0 Å². The predicted molar refractivity (Wildman–Crippen MR) is 114 cm³/mol. The number of carbonyl (C=O) groups excluding carboxylic acids is 1. The van der Waals surface area contributed by atoms with E-state index >= 15 is 0 Å². The Labute approximate surface area is 180 Å². The second kappa shape index (κ2) is 8.79. The quantitative estimate of drug-likeness (QED) is 0.603. The third kappa shape index (κ3) is 4.55. The molecule has 31 heavy (non-hydrogen) atoms. The molecule has 5 rings (SSSR count). The van der Waals surface area contributed by atoms with Crippen LogP contribution in [-0.4, -0.2) is 38.6 Å². The second-order valence-electron chi connectivity index (χ2n) is 8.05. The number of nitrogens with one attached hydrogen (secondary N) is 2. The number of hydrogen-bond donors (Lipinski definition) is 2. The highest BCUT2D eigenvalue weighted by molar-refractivity contribution is 5.76. The number of aryl methyl sites for hydroxylation is 1. The first-order valence-corrected chi connectivity index (χ1v) is 10.9. The fourth-order valence-electron chi connectivity index (χ4n) is 4.10. The molecule has 3 heterocycles. The molecule has 0 bridgehead atoms. The van der Waals surface area contributed by atoms with Crippen LogP contribution in [0.4, 0.5) is 5.82 Å². The van der Waals surface area contributed by atoms with Gasteiger partial charge in [-0.05, 0) is 42.7 Å². The molecule has 2 aliphatic rings. The van der Waals surface area contributed by atoms with E-state index in [4.69, 9.17) is 9.47 Å². The molecule has 1 saturated carbocycles. The van der Waals surface area contributed by atoms with Gasteiger partial charge in [0.15, 0.2) is 23.0 Å². The summed E-state index contributed by atoms with van der Waals surface area (Å²) in [5.74, 6) is 2.99. The first-order chi connectivity index (χ1) is 15.2. The molecule has 2 aromatic heterocycles. The number of fused-ring (bicyclic) bond motifs is 2. The van der Waals surface area contributed by atoms with Gasteiger partial charge in [0.05, 0.1) is 0 Å². The minimum atomic E-state index is 0.0701. The zero-order chi connectivity index (χ0) is 21.0. The van der Waals surface area contributed by atoms with Crippen LogP contribution in [0.15, 0.2) is 30.3 Å². The number of carbonyl (C=O) groups is 1. The van der Waals surface area contributed by atoms with Gasteiger partial charge in [0.25, 0.3) is 0 Å². The summed E-state index contributed by atoms with van der Waals surface area (Å²) < 4.78 is 12.5. The van der Waals surface area contributed by atoms with Gasteiger partial charge in [0, 0.05) is 25.4 Å². The van der Waals surface area contributed by atoms with Crippen LogP contribution in [0.25, 0.3) is 5.65 Å². The summed E-state index contributed by atoms with van der Waals surface area (Å²) in [5.41, 5.74) is 1.73. The van der Waals surface area contributed by atoms with Crippen molar-refractivity contribution in [1.82, 2.24) is 25.1 Å². The van der Waals surface area contributed by atoms with Crippen LogP contribution in [0, 0.1) is 0 Å². The highest BCUT2D eigenvalue weighted by Crippen LogP contribution is 2.32. The highest BCUT2D eigenvalue weighted by Gasteiger charge is 2.17. The van der Waals surface area contributed by atoms with Crippen LogP contribution in [0.3, 0.4) is 0 Å². The molecule has 0 radical (unpaired) electrons. The summed E-state index contributed by atoms with van der Waals surface area (Å²) in [5, 5.41) is 19.5. The van der Waals surface area contributed by atoms with E-state index in [-0.39, 0.29) is 12.7 Å². The average Bonchev–Trinajstić information content (AvgIpc) is 3.43. The third-order valence-electron chi connectivity index (χ3n) is 5.78. The van der Waals surface area contributed by atoms with E-state index in [9.17, 15) is 4.79 Å². The summed E-state index contributed by atoms with van der Waals surface area (Å²) in [6.07, 6.45) is 6.72. The van der Waals surface area contributed by atoms with E-state index in [1.165, 1.54) is 19.3 Å². The van der Waals surface area contributed by atoms with Crippen molar-refractivity contribution in [1.29, 1.82) is 0 Å². The minimum Gasteiger partial charge on any atom is -0.454 e. The molecule has 1 amide bonds. The summed E-state index contributed by atoms with van der Waals surface area (Å²) >= 11 is 0. The van der Waals surface area contributed by atoms with Gasteiger partial charge < -0.3 is 20.1 Å². The van der Waals surface area contributed by atoms with Crippen LogP contribution in [0.1, 0.15) is 49.9 Å². The van der Waals surface area contributed by atoms with Crippen molar-refractivity contribution in [3.05, 3.63) is 41.7 Å². The van der Waals surface area contributed by atoms with Crippen molar-refractivity contribution >= 4 is 17.4 Å². The van der Waals surface area contributed by atoms with E-state index in [1.807, 2.05) is 30.3 Å². The molecule has 1 aromatic carbocycles. The summed E-state index contributed by atoms with van der Waals surface area (Å²) in [6.45, 7) is 0.857. The van der Waals surface area contributed by atoms with Crippen LogP contribution in [0.5, 0.6) is 11.5 Å². The number of aromatic nitrogens is 4. The number of benzene rings is 1. The maximum atomic E-state index is 12.3. The van der Waals surface area contributed by atoms with Gasteiger partial charge in [-0.15, -0.1) is 15.3 Å². The largest absolute Gasteiger partial charge is 0.454 e. The molecule has 9 heteroatoms. The average molecular weight is 422 g/mol. The van der Waals surface area contributed by atoms with Crippen LogP contribution in [0.2, 0.25) is 0 Å². The fraction of sp³-hybridized carbons (Fsp3) is 0.455. The van der Waals surface area contributed by atoms with Gasteiger partial charge >= 0.3 is 0 Å². The van der Waals surface area contributed by atoms with E-state index in [0.717, 1.165) is 29.9 Å². The molecule has 0 spiro atoms. The third-order valence-corrected chi connectivity index (χ3v) is 5.78.